The third kappa shape index (κ3) is 3.97. The summed E-state index contributed by atoms with van der Waals surface area (Å²) in [5, 5.41) is 3.43. The number of aromatic amines is 1. The van der Waals surface area contributed by atoms with Gasteiger partial charge in [-0.25, -0.2) is 9.78 Å². The number of rotatable bonds is 4. The van der Waals surface area contributed by atoms with Gasteiger partial charge in [-0.1, -0.05) is 26.7 Å². The van der Waals surface area contributed by atoms with Crippen molar-refractivity contribution in [2.75, 3.05) is 0 Å². The highest BCUT2D eigenvalue weighted by atomic mass is 32.1. The molecular formula is C20H27N3O4S. The molecule has 2 heterocycles. The molecule has 28 heavy (non-hydrogen) atoms. The Morgan fingerprint density at radius 1 is 1.29 bits per heavy atom. The molecule has 1 aliphatic rings. The Morgan fingerprint density at radius 2 is 2.00 bits per heavy atom. The lowest BCUT2D eigenvalue weighted by atomic mass is 9.78. The molecule has 0 spiro atoms. The van der Waals surface area contributed by atoms with Crippen LogP contribution in [0.3, 0.4) is 0 Å². The molecule has 2 N–H and O–H groups in total. The summed E-state index contributed by atoms with van der Waals surface area (Å²) in [6, 6.07) is 0.106. The minimum atomic E-state index is -0.908. The predicted molar refractivity (Wildman–Crippen MR) is 109 cm³/mol. The summed E-state index contributed by atoms with van der Waals surface area (Å²) < 4.78 is 5.40. The topological polar surface area (TPSA) is 101 Å². The fraction of sp³-hybridized carbons (Fsp3) is 0.600. The number of carbonyl (C=O) groups is 2. The van der Waals surface area contributed by atoms with Gasteiger partial charge in [0.1, 0.15) is 15.5 Å². The molecule has 1 amide bonds. The second-order valence-electron chi connectivity index (χ2n) is 7.82. The lowest BCUT2D eigenvalue weighted by molar-refractivity contribution is -0.130. The van der Waals surface area contributed by atoms with Crippen LogP contribution in [0, 0.1) is 25.7 Å². The van der Waals surface area contributed by atoms with Gasteiger partial charge in [0.05, 0.1) is 5.39 Å². The van der Waals surface area contributed by atoms with Crippen LogP contribution in [0.5, 0.6) is 0 Å². The maximum Gasteiger partial charge on any atom is 0.349 e. The third-order valence-electron chi connectivity index (χ3n) is 5.79. The van der Waals surface area contributed by atoms with Gasteiger partial charge in [-0.2, -0.15) is 0 Å². The van der Waals surface area contributed by atoms with Gasteiger partial charge in [0, 0.05) is 6.04 Å². The molecule has 1 saturated carbocycles. The molecule has 8 heteroatoms. The zero-order valence-corrected chi connectivity index (χ0v) is 17.7. The molecule has 3 rings (SSSR count). The second kappa shape index (κ2) is 8.03. The smallest absolute Gasteiger partial charge is 0.349 e. The van der Waals surface area contributed by atoms with E-state index in [0.717, 1.165) is 24.2 Å². The number of amides is 1. The molecule has 0 bridgehead atoms. The average molecular weight is 406 g/mol. The Balaban J connectivity index is 1.71. The van der Waals surface area contributed by atoms with Crippen LogP contribution in [-0.4, -0.2) is 34.0 Å². The first-order valence-corrected chi connectivity index (χ1v) is 10.5. The summed E-state index contributed by atoms with van der Waals surface area (Å²) >= 11 is 1.11. The highest BCUT2D eigenvalue weighted by Gasteiger charge is 2.30. The van der Waals surface area contributed by atoms with Gasteiger partial charge in [-0.15, -0.1) is 11.3 Å². The number of thiophene rings is 1. The van der Waals surface area contributed by atoms with E-state index in [-0.39, 0.29) is 17.5 Å². The van der Waals surface area contributed by atoms with E-state index in [1.807, 2.05) is 0 Å². The molecule has 0 aromatic carbocycles. The Labute approximate surface area is 167 Å². The molecular weight excluding hydrogens is 378 g/mol. The Hall–Kier alpha value is -2.22. The van der Waals surface area contributed by atoms with Gasteiger partial charge >= 0.3 is 5.97 Å². The molecule has 4 unspecified atom stereocenters. The van der Waals surface area contributed by atoms with Crippen LogP contribution >= 0.6 is 11.3 Å². The number of esters is 1. The van der Waals surface area contributed by atoms with Crippen LogP contribution in [0.25, 0.3) is 10.2 Å². The number of aromatic nitrogens is 2. The lowest BCUT2D eigenvalue weighted by Crippen LogP contribution is -2.47. The van der Waals surface area contributed by atoms with E-state index in [1.165, 1.54) is 6.42 Å². The summed E-state index contributed by atoms with van der Waals surface area (Å²) in [4.78, 5) is 45.0. The van der Waals surface area contributed by atoms with Crippen molar-refractivity contribution in [1.29, 1.82) is 0 Å². The number of aryl methyl sites for hydroxylation is 2. The molecule has 0 saturated heterocycles. The van der Waals surface area contributed by atoms with Crippen molar-refractivity contribution in [2.45, 2.75) is 66.0 Å². The number of hydrogen-bond donors (Lipinski definition) is 2. The molecule has 2 aromatic rings. The lowest BCUT2D eigenvalue weighted by Gasteiger charge is -2.35. The summed E-state index contributed by atoms with van der Waals surface area (Å²) in [6.07, 6.45) is 2.30. The Bertz CT molecular complexity index is 964. The number of ether oxygens (including phenoxy) is 1. The highest BCUT2D eigenvalue weighted by Crippen LogP contribution is 2.30. The van der Waals surface area contributed by atoms with Gasteiger partial charge in [0.25, 0.3) is 11.5 Å². The zero-order valence-electron chi connectivity index (χ0n) is 16.9. The van der Waals surface area contributed by atoms with Crippen LogP contribution in [0.2, 0.25) is 0 Å². The molecule has 152 valence electrons. The maximum absolute atomic E-state index is 12.6. The quantitative estimate of drug-likeness (QED) is 0.761. The van der Waals surface area contributed by atoms with Gasteiger partial charge < -0.3 is 15.0 Å². The fourth-order valence-electron chi connectivity index (χ4n) is 3.80. The third-order valence-corrected chi connectivity index (χ3v) is 6.96. The first-order valence-electron chi connectivity index (χ1n) is 9.70. The summed E-state index contributed by atoms with van der Waals surface area (Å²) in [6.45, 7) is 9.31. The highest BCUT2D eigenvalue weighted by molar-refractivity contribution is 7.20. The molecule has 4 atom stereocenters. The fourth-order valence-corrected chi connectivity index (χ4v) is 4.91. The van der Waals surface area contributed by atoms with Crippen molar-refractivity contribution < 1.29 is 14.3 Å². The average Bonchev–Trinajstić information content (AvgIpc) is 2.95. The van der Waals surface area contributed by atoms with E-state index < -0.39 is 12.1 Å². The SMILES string of the molecule is Cc1nc2sc(C(=O)OC(C)C(=O)NC3CCCC(C)C3C)c(C)c2c(=O)[nH]1. The molecule has 1 aliphatic carbocycles. The Morgan fingerprint density at radius 3 is 2.71 bits per heavy atom. The molecule has 0 radical (unpaired) electrons. The standard InChI is InChI=1S/C20H27N3O4S/c1-9-7-6-8-14(10(9)2)23-17(24)12(4)27-20(26)16-11(3)15-18(25)21-13(5)22-19(15)28-16/h9-10,12,14H,6-8H2,1-5H3,(H,23,24)(H,21,22,25). The minimum absolute atomic E-state index is 0.106. The molecule has 7 nitrogen and oxygen atoms in total. The van der Waals surface area contributed by atoms with Crippen molar-refractivity contribution >= 4 is 33.4 Å². The summed E-state index contributed by atoms with van der Waals surface area (Å²) in [5.74, 6) is 0.552. The normalized spacial score (nSPS) is 23.4. The van der Waals surface area contributed by atoms with Crippen LogP contribution in [0.4, 0.5) is 0 Å². The van der Waals surface area contributed by atoms with E-state index in [0.29, 0.717) is 38.3 Å². The molecule has 1 fully saturated rings. The molecule has 2 aromatic heterocycles. The number of nitrogens with zero attached hydrogens (tertiary/aromatic N) is 1. The van der Waals surface area contributed by atoms with Crippen molar-refractivity contribution in [2.24, 2.45) is 11.8 Å². The van der Waals surface area contributed by atoms with Gasteiger partial charge in [0.2, 0.25) is 0 Å². The van der Waals surface area contributed by atoms with Crippen molar-refractivity contribution in [3.8, 4) is 0 Å². The summed E-state index contributed by atoms with van der Waals surface area (Å²) in [5.41, 5.74) is 0.252. The van der Waals surface area contributed by atoms with E-state index >= 15 is 0 Å². The first kappa shape index (κ1) is 20.5. The number of carbonyl (C=O) groups excluding carboxylic acids is 2. The van der Waals surface area contributed by atoms with Crippen molar-refractivity contribution in [3.05, 3.63) is 26.6 Å². The van der Waals surface area contributed by atoms with Crippen LogP contribution < -0.4 is 10.9 Å². The van der Waals surface area contributed by atoms with E-state index in [4.69, 9.17) is 4.74 Å². The number of H-pyrrole nitrogens is 1. The Kier molecular flexibility index (Phi) is 5.88. The number of fused-ring (bicyclic) bond motifs is 1. The molecule has 0 aliphatic heterocycles. The van der Waals surface area contributed by atoms with Crippen molar-refractivity contribution in [3.63, 3.8) is 0 Å². The van der Waals surface area contributed by atoms with E-state index in [2.05, 4.69) is 29.1 Å². The maximum atomic E-state index is 12.6. The largest absolute Gasteiger partial charge is 0.448 e. The van der Waals surface area contributed by atoms with Gasteiger partial charge in [-0.3, -0.25) is 9.59 Å². The summed E-state index contributed by atoms with van der Waals surface area (Å²) in [7, 11) is 0. The van der Waals surface area contributed by atoms with Crippen LogP contribution in [-0.2, 0) is 9.53 Å². The van der Waals surface area contributed by atoms with Gasteiger partial charge in [-0.05, 0) is 44.6 Å². The van der Waals surface area contributed by atoms with E-state index in [9.17, 15) is 14.4 Å². The predicted octanol–water partition coefficient (Wildman–Crippen LogP) is 3.09. The van der Waals surface area contributed by atoms with E-state index in [1.54, 1.807) is 20.8 Å². The minimum Gasteiger partial charge on any atom is -0.448 e. The van der Waals surface area contributed by atoms with Gasteiger partial charge in [0.15, 0.2) is 6.10 Å². The van der Waals surface area contributed by atoms with Crippen LogP contribution in [0.1, 0.15) is 61.1 Å². The van der Waals surface area contributed by atoms with Crippen LogP contribution in [0.15, 0.2) is 4.79 Å². The monoisotopic (exact) mass is 405 g/mol. The first-order chi connectivity index (χ1) is 13.2. The van der Waals surface area contributed by atoms with Crippen molar-refractivity contribution in [1.82, 2.24) is 15.3 Å². The zero-order chi connectivity index (χ0) is 20.6. The second-order valence-corrected chi connectivity index (χ2v) is 8.82. The number of hydrogen-bond acceptors (Lipinski definition) is 6. The number of nitrogens with one attached hydrogen (secondary N) is 2.